The van der Waals surface area contributed by atoms with Gasteiger partial charge in [-0.3, -0.25) is 0 Å². The van der Waals surface area contributed by atoms with Gasteiger partial charge in [-0.2, -0.15) is 0 Å². The third kappa shape index (κ3) is 2.26. The fourth-order valence-corrected chi connectivity index (χ4v) is 3.40. The van der Waals surface area contributed by atoms with Gasteiger partial charge in [0.2, 0.25) is 0 Å². The molecule has 0 bridgehead atoms. The highest BCUT2D eigenvalue weighted by atomic mass is 16.5. The number of hydrogen-bond acceptors (Lipinski definition) is 2. The van der Waals surface area contributed by atoms with Crippen molar-refractivity contribution >= 4 is 0 Å². The van der Waals surface area contributed by atoms with Gasteiger partial charge in [-0.25, -0.2) is 0 Å². The van der Waals surface area contributed by atoms with E-state index in [0.29, 0.717) is 5.41 Å². The van der Waals surface area contributed by atoms with E-state index in [2.05, 4.69) is 29.6 Å². The van der Waals surface area contributed by atoms with Crippen LogP contribution in [-0.2, 0) is 0 Å². The van der Waals surface area contributed by atoms with Crippen molar-refractivity contribution in [2.24, 2.45) is 5.41 Å². The first-order valence-corrected chi connectivity index (χ1v) is 7.25. The molecular weight excluding hydrogens is 222 g/mol. The third-order valence-corrected chi connectivity index (χ3v) is 4.71. The van der Waals surface area contributed by atoms with Gasteiger partial charge in [-0.1, -0.05) is 12.1 Å². The van der Waals surface area contributed by atoms with E-state index in [4.69, 9.17) is 4.74 Å². The molecular formula is C16H23NO. The summed E-state index contributed by atoms with van der Waals surface area (Å²) in [5, 5.41) is 3.43. The average molecular weight is 245 g/mol. The molecule has 0 amide bonds. The van der Waals surface area contributed by atoms with Gasteiger partial charge in [0.05, 0.1) is 6.61 Å². The van der Waals surface area contributed by atoms with E-state index in [1.807, 2.05) is 6.92 Å². The minimum absolute atomic E-state index is 0.668. The van der Waals surface area contributed by atoms with Crippen LogP contribution in [0.15, 0.2) is 24.3 Å². The largest absolute Gasteiger partial charge is 0.494 e. The SMILES string of the molecule is CCOc1ccc(C2CCC3(CC2)CNC3)cc1. The summed E-state index contributed by atoms with van der Waals surface area (Å²) in [7, 11) is 0. The van der Waals surface area contributed by atoms with E-state index in [9.17, 15) is 0 Å². The third-order valence-electron chi connectivity index (χ3n) is 4.71. The van der Waals surface area contributed by atoms with Gasteiger partial charge < -0.3 is 10.1 Å². The fourth-order valence-electron chi connectivity index (χ4n) is 3.40. The Hall–Kier alpha value is -1.02. The lowest BCUT2D eigenvalue weighted by molar-refractivity contribution is 0.0975. The Morgan fingerprint density at radius 3 is 2.33 bits per heavy atom. The second-order valence-corrected chi connectivity index (χ2v) is 5.88. The number of benzene rings is 1. The summed E-state index contributed by atoms with van der Waals surface area (Å²) < 4.78 is 5.50. The molecule has 1 saturated heterocycles. The zero-order valence-corrected chi connectivity index (χ0v) is 11.2. The molecule has 3 rings (SSSR count). The normalized spacial score (nSPS) is 22.7. The summed E-state index contributed by atoms with van der Waals surface area (Å²) in [5.74, 6) is 1.77. The maximum Gasteiger partial charge on any atom is 0.119 e. The van der Waals surface area contributed by atoms with Crippen molar-refractivity contribution in [3.05, 3.63) is 29.8 Å². The second-order valence-electron chi connectivity index (χ2n) is 5.88. The summed E-state index contributed by atoms with van der Waals surface area (Å²) in [5.41, 5.74) is 2.17. The second kappa shape index (κ2) is 4.93. The fraction of sp³-hybridized carbons (Fsp3) is 0.625. The molecule has 2 aliphatic rings. The molecule has 0 aromatic heterocycles. The van der Waals surface area contributed by atoms with E-state index in [-0.39, 0.29) is 0 Å². The lowest BCUT2D eigenvalue weighted by Crippen LogP contribution is -2.54. The van der Waals surface area contributed by atoms with Gasteiger partial charge in [0, 0.05) is 13.1 Å². The lowest BCUT2D eigenvalue weighted by atomic mass is 9.66. The Morgan fingerprint density at radius 1 is 1.17 bits per heavy atom. The minimum atomic E-state index is 0.668. The Morgan fingerprint density at radius 2 is 1.83 bits per heavy atom. The van der Waals surface area contributed by atoms with Gasteiger partial charge >= 0.3 is 0 Å². The Kier molecular flexibility index (Phi) is 3.29. The Labute approximate surface area is 110 Å². The van der Waals surface area contributed by atoms with Crippen LogP contribution in [0.25, 0.3) is 0 Å². The van der Waals surface area contributed by atoms with Crippen LogP contribution in [0.5, 0.6) is 5.75 Å². The monoisotopic (exact) mass is 245 g/mol. The van der Waals surface area contributed by atoms with Crippen molar-refractivity contribution in [3.63, 3.8) is 0 Å². The molecule has 0 atom stereocenters. The molecule has 1 saturated carbocycles. The Balaban J connectivity index is 1.61. The number of hydrogen-bond donors (Lipinski definition) is 1. The highest BCUT2D eigenvalue weighted by Gasteiger charge is 2.40. The van der Waals surface area contributed by atoms with E-state index >= 15 is 0 Å². The van der Waals surface area contributed by atoms with E-state index < -0.39 is 0 Å². The van der Waals surface area contributed by atoms with Crippen LogP contribution < -0.4 is 10.1 Å². The number of rotatable bonds is 3. The molecule has 1 N–H and O–H groups in total. The quantitative estimate of drug-likeness (QED) is 0.882. The molecule has 1 aromatic carbocycles. The van der Waals surface area contributed by atoms with Gasteiger partial charge in [0.1, 0.15) is 5.75 Å². The zero-order valence-electron chi connectivity index (χ0n) is 11.2. The van der Waals surface area contributed by atoms with Crippen LogP contribution >= 0.6 is 0 Å². The summed E-state index contributed by atoms with van der Waals surface area (Å²) in [6, 6.07) is 8.75. The molecule has 2 fully saturated rings. The highest BCUT2D eigenvalue weighted by Crippen LogP contribution is 2.45. The maximum atomic E-state index is 5.50. The predicted octanol–water partition coefficient (Wildman–Crippen LogP) is 3.33. The Bertz CT molecular complexity index is 384. The van der Waals surface area contributed by atoms with Crippen molar-refractivity contribution in [2.75, 3.05) is 19.7 Å². The summed E-state index contributed by atoms with van der Waals surface area (Å²) in [4.78, 5) is 0. The standard InChI is InChI=1S/C16H23NO/c1-2-18-15-5-3-13(4-6-15)14-7-9-16(10-8-14)11-17-12-16/h3-6,14,17H,2,7-12H2,1H3. The van der Waals surface area contributed by atoms with Gasteiger partial charge in [-0.05, 0) is 61.6 Å². The molecule has 0 unspecified atom stereocenters. The maximum absolute atomic E-state index is 5.50. The first-order valence-electron chi connectivity index (χ1n) is 7.25. The first-order chi connectivity index (χ1) is 8.81. The highest BCUT2D eigenvalue weighted by molar-refractivity contribution is 5.30. The molecule has 1 aromatic rings. The van der Waals surface area contributed by atoms with Crippen LogP contribution in [0.4, 0.5) is 0 Å². The van der Waals surface area contributed by atoms with Crippen molar-refractivity contribution in [3.8, 4) is 5.75 Å². The van der Waals surface area contributed by atoms with Crippen LogP contribution in [0, 0.1) is 5.41 Å². The van der Waals surface area contributed by atoms with Crippen molar-refractivity contribution in [2.45, 2.75) is 38.5 Å². The van der Waals surface area contributed by atoms with E-state index in [0.717, 1.165) is 18.3 Å². The molecule has 1 heterocycles. The molecule has 1 spiro atoms. The molecule has 1 aliphatic carbocycles. The van der Waals surface area contributed by atoms with Crippen LogP contribution in [0.1, 0.15) is 44.1 Å². The zero-order chi connectivity index (χ0) is 12.4. The summed E-state index contributed by atoms with van der Waals surface area (Å²) in [6.45, 7) is 5.28. The molecule has 2 nitrogen and oxygen atoms in total. The molecule has 98 valence electrons. The average Bonchev–Trinajstić information content (AvgIpc) is 2.39. The predicted molar refractivity (Wildman–Crippen MR) is 74.1 cm³/mol. The van der Waals surface area contributed by atoms with Gasteiger partial charge in [-0.15, -0.1) is 0 Å². The summed E-state index contributed by atoms with van der Waals surface area (Å²) in [6.07, 6.45) is 5.51. The van der Waals surface area contributed by atoms with Crippen LogP contribution in [0.2, 0.25) is 0 Å². The van der Waals surface area contributed by atoms with Gasteiger partial charge in [0.15, 0.2) is 0 Å². The van der Waals surface area contributed by atoms with E-state index in [1.54, 1.807) is 0 Å². The number of nitrogens with one attached hydrogen (secondary N) is 1. The summed E-state index contributed by atoms with van der Waals surface area (Å²) >= 11 is 0. The lowest BCUT2D eigenvalue weighted by Gasteiger charge is -2.47. The van der Waals surface area contributed by atoms with E-state index in [1.165, 1.54) is 44.3 Å². The van der Waals surface area contributed by atoms with Crippen molar-refractivity contribution in [1.82, 2.24) is 5.32 Å². The van der Waals surface area contributed by atoms with Crippen LogP contribution in [-0.4, -0.2) is 19.7 Å². The van der Waals surface area contributed by atoms with Crippen LogP contribution in [0.3, 0.4) is 0 Å². The van der Waals surface area contributed by atoms with Crippen molar-refractivity contribution in [1.29, 1.82) is 0 Å². The molecule has 1 aliphatic heterocycles. The number of ether oxygens (including phenoxy) is 1. The molecule has 2 heteroatoms. The smallest absolute Gasteiger partial charge is 0.119 e. The van der Waals surface area contributed by atoms with Gasteiger partial charge in [0.25, 0.3) is 0 Å². The first kappa shape index (κ1) is 12.0. The molecule has 0 radical (unpaired) electrons. The topological polar surface area (TPSA) is 21.3 Å². The minimum Gasteiger partial charge on any atom is -0.494 e. The van der Waals surface area contributed by atoms with Crippen molar-refractivity contribution < 1.29 is 4.74 Å². The molecule has 18 heavy (non-hydrogen) atoms.